The van der Waals surface area contributed by atoms with E-state index in [1.807, 2.05) is 0 Å². The number of hydrogen-bond acceptors (Lipinski definition) is 2. The van der Waals surface area contributed by atoms with Crippen molar-refractivity contribution in [1.29, 1.82) is 0 Å². The molecule has 0 radical (unpaired) electrons. The van der Waals surface area contributed by atoms with Crippen LogP contribution in [-0.4, -0.2) is 23.9 Å². The molecule has 3 rings (SSSR count). The molecule has 0 bridgehead atoms. The summed E-state index contributed by atoms with van der Waals surface area (Å²) in [4.78, 5) is 24.6. The van der Waals surface area contributed by atoms with E-state index in [1.165, 1.54) is 12.1 Å². The molecule has 2 N–H and O–H groups in total. The highest BCUT2D eigenvalue weighted by Gasteiger charge is 2.25. The van der Waals surface area contributed by atoms with E-state index in [0.29, 0.717) is 17.0 Å². The lowest BCUT2D eigenvalue weighted by molar-refractivity contribution is 0.0901. The summed E-state index contributed by atoms with van der Waals surface area (Å²) in [6, 6.07) is 12.6. The smallest absolute Gasteiger partial charge is 0.254 e. The van der Waals surface area contributed by atoms with Crippen LogP contribution in [0.3, 0.4) is 0 Å². The summed E-state index contributed by atoms with van der Waals surface area (Å²) in [5, 5.41) is 6.38. The maximum atomic E-state index is 13.7. The van der Waals surface area contributed by atoms with E-state index in [9.17, 15) is 14.0 Å². The minimum absolute atomic E-state index is 0.0394. The van der Waals surface area contributed by atoms with Crippen LogP contribution < -0.4 is 10.6 Å². The number of carbonyl (C=O) groups is 2. The molecule has 6 heteroatoms. The van der Waals surface area contributed by atoms with Crippen LogP contribution in [0.25, 0.3) is 0 Å². The second kappa shape index (κ2) is 8.32. The van der Waals surface area contributed by atoms with Gasteiger partial charge in [0.25, 0.3) is 11.8 Å². The summed E-state index contributed by atoms with van der Waals surface area (Å²) in [6.07, 6.45) is 3.15. The Hall–Kier alpha value is -2.40. The first-order valence-electron chi connectivity index (χ1n) is 8.65. The number of hydrogen-bond donors (Lipinski definition) is 2. The van der Waals surface area contributed by atoms with Crippen LogP contribution in [0.15, 0.2) is 48.5 Å². The highest BCUT2D eigenvalue weighted by molar-refractivity contribution is 6.30. The van der Waals surface area contributed by atoms with E-state index < -0.39 is 11.7 Å². The predicted octanol–water partition coefficient (Wildman–Crippen LogP) is 3.95. The van der Waals surface area contributed by atoms with E-state index in [0.717, 1.165) is 19.3 Å². The van der Waals surface area contributed by atoms with Crippen molar-refractivity contribution in [3.8, 4) is 0 Å². The first kappa shape index (κ1) is 18.4. The van der Waals surface area contributed by atoms with Gasteiger partial charge in [-0.25, -0.2) is 4.39 Å². The molecule has 2 amide bonds. The van der Waals surface area contributed by atoms with Gasteiger partial charge >= 0.3 is 0 Å². The third-order valence-electron chi connectivity index (χ3n) is 4.55. The minimum Gasteiger partial charge on any atom is -0.349 e. The van der Waals surface area contributed by atoms with Crippen molar-refractivity contribution in [2.75, 3.05) is 0 Å². The van der Waals surface area contributed by atoms with Gasteiger partial charge in [-0.05, 0) is 56.0 Å². The average Bonchev–Trinajstić information content (AvgIpc) is 2.62. The maximum absolute atomic E-state index is 13.7. The zero-order valence-corrected chi connectivity index (χ0v) is 14.9. The molecule has 2 atom stereocenters. The Labute approximate surface area is 156 Å². The standard InChI is InChI=1S/C20H20ClFN2O2/c21-14-6-3-5-13(11-14)19(25)23-15-7-4-8-16(12-15)24-20(26)17-9-1-2-10-18(17)22/h1-3,5-6,9-11,15-16H,4,7-8,12H2,(H,23,25)(H,24,26)/t15-,16-/m1/s1. The predicted molar refractivity (Wildman–Crippen MR) is 98.8 cm³/mol. The Morgan fingerprint density at radius 1 is 0.962 bits per heavy atom. The molecule has 0 unspecified atom stereocenters. The van der Waals surface area contributed by atoms with Crippen molar-refractivity contribution in [3.63, 3.8) is 0 Å². The van der Waals surface area contributed by atoms with E-state index in [1.54, 1.807) is 36.4 Å². The SMILES string of the molecule is O=C(N[C@@H]1CCC[C@@H](NC(=O)c2ccccc2F)C1)c1cccc(Cl)c1. The van der Waals surface area contributed by atoms with E-state index in [4.69, 9.17) is 11.6 Å². The molecule has 0 heterocycles. The van der Waals surface area contributed by atoms with Crippen molar-refractivity contribution >= 4 is 23.4 Å². The van der Waals surface area contributed by atoms with Crippen molar-refractivity contribution in [2.45, 2.75) is 37.8 Å². The molecule has 0 spiro atoms. The lowest BCUT2D eigenvalue weighted by atomic mass is 9.90. The maximum Gasteiger partial charge on any atom is 0.254 e. The Morgan fingerprint density at radius 2 is 1.65 bits per heavy atom. The van der Waals surface area contributed by atoms with Crippen LogP contribution >= 0.6 is 11.6 Å². The van der Waals surface area contributed by atoms with Crippen LogP contribution in [0.5, 0.6) is 0 Å². The first-order chi connectivity index (χ1) is 12.5. The third kappa shape index (κ3) is 4.61. The molecule has 2 aromatic carbocycles. The van der Waals surface area contributed by atoms with Gasteiger partial charge in [0.1, 0.15) is 5.82 Å². The quantitative estimate of drug-likeness (QED) is 0.851. The van der Waals surface area contributed by atoms with Gasteiger partial charge in [0.2, 0.25) is 0 Å². The molecule has 1 aliphatic carbocycles. The molecule has 0 aromatic heterocycles. The monoisotopic (exact) mass is 374 g/mol. The summed E-state index contributed by atoms with van der Waals surface area (Å²) >= 11 is 5.93. The van der Waals surface area contributed by atoms with Gasteiger partial charge in [-0.2, -0.15) is 0 Å². The fraction of sp³-hybridized carbons (Fsp3) is 0.300. The molecule has 4 nitrogen and oxygen atoms in total. The fourth-order valence-electron chi connectivity index (χ4n) is 3.26. The van der Waals surface area contributed by atoms with E-state index >= 15 is 0 Å². The molecule has 136 valence electrons. The van der Waals surface area contributed by atoms with E-state index in [2.05, 4.69) is 10.6 Å². The Morgan fingerprint density at radius 3 is 2.35 bits per heavy atom. The lowest BCUT2D eigenvalue weighted by Gasteiger charge is -2.30. The van der Waals surface area contributed by atoms with Gasteiger partial charge in [0.05, 0.1) is 5.56 Å². The molecule has 1 fully saturated rings. The average molecular weight is 375 g/mol. The Balaban J connectivity index is 1.58. The molecular weight excluding hydrogens is 355 g/mol. The lowest BCUT2D eigenvalue weighted by Crippen LogP contribution is -2.45. The first-order valence-corrected chi connectivity index (χ1v) is 9.02. The number of benzene rings is 2. The van der Waals surface area contributed by atoms with Crippen LogP contribution in [0.1, 0.15) is 46.4 Å². The second-order valence-electron chi connectivity index (χ2n) is 6.50. The largest absolute Gasteiger partial charge is 0.349 e. The number of carbonyl (C=O) groups excluding carboxylic acids is 2. The van der Waals surface area contributed by atoms with Crippen LogP contribution in [0.2, 0.25) is 5.02 Å². The summed E-state index contributed by atoms with van der Waals surface area (Å²) in [7, 11) is 0. The molecule has 26 heavy (non-hydrogen) atoms. The summed E-state index contributed by atoms with van der Waals surface area (Å²) in [6.45, 7) is 0. The molecule has 2 aromatic rings. The fourth-order valence-corrected chi connectivity index (χ4v) is 3.45. The number of halogens is 2. The topological polar surface area (TPSA) is 58.2 Å². The summed E-state index contributed by atoms with van der Waals surface area (Å²) < 4.78 is 13.7. The van der Waals surface area contributed by atoms with Crippen molar-refractivity contribution in [3.05, 3.63) is 70.5 Å². The van der Waals surface area contributed by atoms with Gasteiger partial charge in [0, 0.05) is 22.7 Å². The summed E-state index contributed by atoms with van der Waals surface area (Å²) in [5.74, 6) is -1.14. The highest BCUT2D eigenvalue weighted by atomic mass is 35.5. The number of rotatable bonds is 4. The van der Waals surface area contributed by atoms with Crippen LogP contribution in [-0.2, 0) is 0 Å². The molecule has 0 aliphatic heterocycles. The normalized spacial score (nSPS) is 19.6. The highest BCUT2D eigenvalue weighted by Crippen LogP contribution is 2.20. The van der Waals surface area contributed by atoms with Crippen molar-refractivity contribution in [2.24, 2.45) is 0 Å². The molecule has 1 saturated carbocycles. The van der Waals surface area contributed by atoms with Gasteiger partial charge in [-0.15, -0.1) is 0 Å². The van der Waals surface area contributed by atoms with Crippen molar-refractivity contribution in [1.82, 2.24) is 10.6 Å². The second-order valence-corrected chi connectivity index (χ2v) is 6.93. The summed E-state index contributed by atoms with van der Waals surface area (Å²) in [5.41, 5.74) is 0.549. The third-order valence-corrected chi connectivity index (χ3v) is 4.79. The Bertz CT molecular complexity index is 812. The Kier molecular flexibility index (Phi) is 5.89. The number of amides is 2. The van der Waals surface area contributed by atoms with Gasteiger partial charge in [-0.1, -0.05) is 29.8 Å². The van der Waals surface area contributed by atoms with Crippen LogP contribution in [0, 0.1) is 5.82 Å². The van der Waals surface area contributed by atoms with Crippen LogP contribution in [0.4, 0.5) is 4.39 Å². The number of nitrogens with one attached hydrogen (secondary N) is 2. The molecule has 0 saturated heterocycles. The van der Waals surface area contributed by atoms with Crippen molar-refractivity contribution < 1.29 is 14.0 Å². The van der Waals surface area contributed by atoms with Gasteiger partial charge < -0.3 is 10.6 Å². The van der Waals surface area contributed by atoms with Gasteiger partial charge in [0.15, 0.2) is 0 Å². The molecule has 1 aliphatic rings. The minimum atomic E-state index is -0.536. The zero-order chi connectivity index (χ0) is 18.5. The zero-order valence-electron chi connectivity index (χ0n) is 14.2. The molecular formula is C20H20ClFN2O2. The van der Waals surface area contributed by atoms with Gasteiger partial charge in [-0.3, -0.25) is 9.59 Å². The van der Waals surface area contributed by atoms with E-state index in [-0.39, 0.29) is 23.6 Å².